The smallest absolute Gasteiger partial charge is 0.330 e. The first-order chi connectivity index (χ1) is 10.5. The minimum absolute atomic E-state index is 0.176. The molecule has 0 saturated carbocycles. The van der Waals surface area contributed by atoms with E-state index in [0.717, 1.165) is 5.56 Å². The molecule has 0 heterocycles. The summed E-state index contributed by atoms with van der Waals surface area (Å²) in [7, 11) is 0. The van der Waals surface area contributed by atoms with Crippen LogP contribution in [0.3, 0.4) is 0 Å². The van der Waals surface area contributed by atoms with Crippen molar-refractivity contribution in [3.63, 3.8) is 0 Å². The van der Waals surface area contributed by atoms with Crippen LogP contribution in [0.2, 0.25) is 0 Å². The molecule has 22 heavy (non-hydrogen) atoms. The number of benzene rings is 1. The predicted octanol–water partition coefficient (Wildman–Crippen LogP) is 4.79. The van der Waals surface area contributed by atoms with Gasteiger partial charge < -0.3 is 5.11 Å². The molecule has 0 fully saturated rings. The van der Waals surface area contributed by atoms with Crippen molar-refractivity contribution in [3.05, 3.63) is 91.6 Å². The fraction of sp³-hybridized carbons (Fsp3) is 0.0526. The molecule has 0 atom stereocenters. The Bertz CT molecular complexity index is 543. The van der Waals surface area contributed by atoms with E-state index >= 15 is 0 Å². The van der Waals surface area contributed by atoms with Gasteiger partial charge in [0, 0.05) is 11.6 Å². The zero-order valence-electron chi connectivity index (χ0n) is 12.8. The molecule has 3 heteroatoms. The second-order valence-corrected chi connectivity index (χ2v) is 3.81. The Labute approximate surface area is 132 Å². The number of rotatable bonds is 4. The van der Waals surface area contributed by atoms with E-state index < -0.39 is 5.97 Å². The minimum Gasteiger partial charge on any atom is -0.478 e. The molecule has 0 amide bonds. The van der Waals surface area contributed by atoms with Crippen molar-refractivity contribution in [1.82, 2.24) is 0 Å². The summed E-state index contributed by atoms with van der Waals surface area (Å²) in [5.74, 6) is -0.935. The second-order valence-electron chi connectivity index (χ2n) is 3.81. The van der Waals surface area contributed by atoms with Crippen LogP contribution in [0.1, 0.15) is 12.5 Å². The van der Waals surface area contributed by atoms with Crippen molar-refractivity contribution >= 4 is 12.0 Å². The standard InChI is InChI=1S/C11H9N.C4H6O2.C4H6/c12-10-6-2-5-9-11-7-3-1-4-8-11;1-3(2)4(5)6;1-3-4-2/h1-9H;1H2,2H3,(H,5,6);3-4H,1-2H2. The summed E-state index contributed by atoms with van der Waals surface area (Å²) < 4.78 is 0. The SMILES string of the molecule is C=C(C)C(=O)O.C=CC=C.N#CC=CC=Cc1ccccc1. The van der Waals surface area contributed by atoms with Gasteiger partial charge in [-0.3, -0.25) is 0 Å². The topological polar surface area (TPSA) is 61.1 Å². The van der Waals surface area contributed by atoms with E-state index in [2.05, 4.69) is 19.7 Å². The molecule has 1 aromatic rings. The van der Waals surface area contributed by atoms with Gasteiger partial charge in [0.25, 0.3) is 0 Å². The van der Waals surface area contributed by atoms with Crippen molar-refractivity contribution in [2.24, 2.45) is 0 Å². The highest BCUT2D eigenvalue weighted by Crippen LogP contribution is 2.00. The third-order valence-corrected chi connectivity index (χ3v) is 1.90. The van der Waals surface area contributed by atoms with Crippen molar-refractivity contribution in [1.29, 1.82) is 5.26 Å². The maximum absolute atomic E-state index is 9.60. The summed E-state index contributed by atoms with van der Waals surface area (Å²) >= 11 is 0. The molecule has 1 N–H and O–H groups in total. The highest BCUT2D eigenvalue weighted by atomic mass is 16.4. The summed E-state index contributed by atoms with van der Waals surface area (Å²) in [4.78, 5) is 9.60. The fourth-order valence-corrected chi connectivity index (χ4v) is 0.829. The summed E-state index contributed by atoms with van der Waals surface area (Å²) in [6, 6.07) is 11.9. The first-order valence-corrected chi connectivity index (χ1v) is 6.39. The number of hydrogen-bond acceptors (Lipinski definition) is 2. The van der Waals surface area contributed by atoms with E-state index in [1.165, 1.54) is 13.0 Å². The van der Waals surface area contributed by atoms with E-state index in [-0.39, 0.29) is 5.57 Å². The molecule has 0 bridgehead atoms. The van der Waals surface area contributed by atoms with Gasteiger partial charge in [0.05, 0.1) is 6.07 Å². The number of hydrogen-bond donors (Lipinski definition) is 1. The Hall–Kier alpha value is -3.12. The Morgan fingerprint density at radius 2 is 1.68 bits per heavy atom. The van der Waals surface area contributed by atoms with Gasteiger partial charge >= 0.3 is 5.97 Å². The van der Waals surface area contributed by atoms with Gasteiger partial charge in [-0.25, -0.2) is 4.79 Å². The van der Waals surface area contributed by atoms with Crippen LogP contribution in [0.25, 0.3) is 6.08 Å². The number of allylic oxidation sites excluding steroid dienone is 5. The molecule has 0 saturated heterocycles. The largest absolute Gasteiger partial charge is 0.478 e. The number of nitrogens with zero attached hydrogens (tertiary/aromatic N) is 1. The quantitative estimate of drug-likeness (QED) is 0.493. The third kappa shape index (κ3) is 16.9. The molecule has 0 aliphatic heterocycles. The molecular formula is C19H21NO2. The first-order valence-electron chi connectivity index (χ1n) is 6.39. The van der Waals surface area contributed by atoms with E-state index in [9.17, 15) is 4.79 Å². The molecule has 3 nitrogen and oxygen atoms in total. The summed E-state index contributed by atoms with van der Waals surface area (Å²) in [6.07, 6.45) is 10.2. The van der Waals surface area contributed by atoms with E-state index in [1.54, 1.807) is 18.2 Å². The zero-order valence-corrected chi connectivity index (χ0v) is 12.8. The number of carbonyl (C=O) groups is 1. The van der Waals surface area contributed by atoms with Gasteiger partial charge in [-0.05, 0) is 12.5 Å². The van der Waals surface area contributed by atoms with Crippen LogP contribution >= 0.6 is 0 Å². The summed E-state index contributed by atoms with van der Waals surface area (Å²) in [5, 5.41) is 16.1. The highest BCUT2D eigenvalue weighted by Gasteiger charge is 1.90. The van der Waals surface area contributed by atoms with E-state index in [4.69, 9.17) is 10.4 Å². The zero-order chi connectivity index (χ0) is 17.2. The number of carboxylic acid groups (broad SMARTS) is 1. The van der Waals surface area contributed by atoms with Crippen LogP contribution in [-0.2, 0) is 4.79 Å². The third-order valence-electron chi connectivity index (χ3n) is 1.90. The average Bonchev–Trinajstić information content (AvgIpc) is 2.53. The summed E-state index contributed by atoms with van der Waals surface area (Å²) in [6.45, 7) is 11.3. The average molecular weight is 295 g/mol. The van der Waals surface area contributed by atoms with Gasteiger partial charge in [-0.15, -0.1) is 0 Å². The maximum atomic E-state index is 9.60. The Kier molecular flexibility index (Phi) is 15.3. The first kappa shape index (κ1) is 21.2. The van der Waals surface area contributed by atoms with Crippen LogP contribution in [-0.4, -0.2) is 11.1 Å². The predicted molar refractivity (Wildman–Crippen MR) is 93.1 cm³/mol. The van der Waals surface area contributed by atoms with Crippen molar-refractivity contribution in [2.45, 2.75) is 6.92 Å². The molecule has 1 aromatic carbocycles. The van der Waals surface area contributed by atoms with Crippen LogP contribution in [0, 0.1) is 11.3 Å². The molecule has 0 aliphatic carbocycles. The van der Waals surface area contributed by atoms with Crippen molar-refractivity contribution in [3.8, 4) is 6.07 Å². The molecule has 114 valence electrons. The lowest BCUT2D eigenvalue weighted by Crippen LogP contribution is -1.92. The van der Waals surface area contributed by atoms with Crippen LogP contribution in [0.4, 0.5) is 0 Å². The Balaban J connectivity index is 0. The molecular weight excluding hydrogens is 274 g/mol. The lowest BCUT2D eigenvalue weighted by atomic mass is 10.2. The fourth-order valence-electron chi connectivity index (χ4n) is 0.829. The monoisotopic (exact) mass is 295 g/mol. The minimum atomic E-state index is -0.935. The van der Waals surface area contributed by atoms with Crippen molar-refractivity contribution in [2.75, 3.05) is 0 Å². The van der Waals surface area contributed by atoms with E-state index in [0.29, 0.717) is 0 Å². The highest BCUT2D eigenvalue weighted by molar-refractivity contribution is 5.84. The lowest BCUT2D eigenvalue weighted by Gasteiger charge is -1.87. The number of aliphatic carboxylic acids is 1. The van der Waals surface area contributed by atoms with Gasteiger partial charge in [0.2, 0.25) is 0 Å². The number of nitriles is 1. The van der Waals surface area contributed by atoms with Crippen LogP contribution < -0.4 is 0 Å². The second kappa shape index (κ2) is 15.9. The lowest BCUT2D eigenvalue weighted by molar-refractivity contribution is -0.132. The summed E-state index contributed by atoms with van der Waals surface area (Å²) in [5.41, 5.74) is 1.31. The van der Waals surface area contributed by atoms with Crippen LogP contribution in [0.5, 0.6) is 0 Å². The Morgan fingerprint density at radius 1 is 1.18 bits per heavy atom. The maximum Gasteiger partial charge on any atom is 0.330 e. The Morgan fingerprint density at radius 3 is 2.05 bits per heavy atom. The molecule has 0 aliphatic rings. The van der Waals surface area contributed by atoms with Gasteiger partial charge in [0.1, 0.15) is 0 Å². The molecule has 0 spiro atoms. The van der Waals surface area contributed by atoms with E-state index in [1.807, 2.05) is 48.6 Å². The van der Waals surface area contributed by atoms with Crippen molar-refractivity contribution < 1.29 is 9.90 Å². The van der Waals surface area contributed by atoms with Crippen LogP contribution in [0.15, 0.2) is 86.0 Å². The molecule has 0 aromatic heterocycles. The molecule has 0 radical (unpaired) electrons. The molecule has 1 rings (SSSR count). The normalized spacial score (nSPS) is 8.73. The molecule has 0 unspecified atom stereocenters. The van der Waals surface area contributed by atoms with Gasteiger partial charge in [-0.1, -0.05) is 80.4 Å². The van der Waals surface area contributed by atoms with Gasteiger partial charge in [-0.2, -0.15) is 5.26 Å². The number of carboxylic acids is 1. The van der Waals surface area contributed by atoms with Gasteiger partial charge in [0.15, 0.2) is 0 Å².